The minimum absolute atomic E-state index is 0.573. The van der Waals surface area contributed by atoms with Crippen LogP contribution >= 0.6 is 11.8 Å². The minimum atomic E-state index is 0.573. The van der Waals surface area contributed by atoms with Crippen molar-refractivity contribution >= 4 is 28.6 Å². The summed E-state index contributed by atoms with van der Waals surface area (Å²) >= 11 is 1.86. The molecule has 5 heteroatoms. The van der Waals surface area contributed by atoms with Gasteiger partial charge in [-0.25, -0.2) is 9.97 Å². The molecule has 23 heavy (non-hydrogen) atoms. The SMILES string of the molecule is Cc1ccc2nc(C3CCC3)n(-c3ccc4c(c3)SCN4)c2n1. The van der Waals surface area contributed by atoms with Crippen molar-refractivity contribution in [3.8, 4) is 5.69 Å². The molecule has 1 saturated carbocycles. The molecule has 0 bridgehead atoms. The molecule has 1 aromatic carbocycles. The van der Waals surface area contributed by atoms with Crippen molar-refractivity contribution in [2.24, 2.45) is 0 Å². The van der Waals surface area contributed by atoms with Gasteiger partial charge in [0.05, 0.1) is 11.6 Å². The van der Waals surface area contributed by atoms with Gasteiger partial charge in [-0.1, -0.05) is 6.42 Å². The van der Waals surface area contributed by atoms with Crippen LogP contribution in [0.2, 0.25) is 0 Å². The first-order valence-corrected chi connectivity index (χ1v) is 9.15. The lowest BCUT2D eigenvalue weighted by atomic mass is 9.85. The van der Waals surface area contributed by atoms with E-state index in [0.29, 0.717) is 5.92 Å². The van der Waals surface area contributed by atoms with Crippen LogP contribution in [0.5, 0.6) is 0 Å². The Morgan fingerprint density at radius 1 is 1.17 bits per heavy atom. The number of hydrogen-bond donors (Lipinski definition) is 1. The topological polar surface area (TPSA) is 42.7 Å². The van der Waals surface area contributed by atoms with E-state index in [0.717, 1.165) is 22.7 Å². The highest BCUT2D eigenvalue weighted by atomic mass is 32.2. The van der Waals surface area contributed by atoms with E-state index in [-0.39, 0.29) is 0 Å². The second kappa shape index (κ2) is 4.99. The normalized spacial score (nSPS) is 17.1. The van der Waals surface area contributed by atoms with E-state index in [4.69, 9.17) is 9.97 Å². The van der Waals surface area contributed by atoms with E-state index >= 15 is 0 Å². The highest BCUT2D eigenvalue weighted by molar-refractivity contribution is 7.99. The Balaban J connectivity index is 1.76. The number of rotatable bonds is 2. The van der Waals surface area contributed by atoms with Gasteiger partial charge >= 0.3 is 0 Å². The highest BCUT2D eigenvalue weighted by Gasteiger charge is 2.27. The standard InChI is InChI=1S/C18H18N4S/c1-11-5-7-15-18(20-11)22(17(21-15)12-3-2-4-12)13-6-8-14-16(9-13)23-10-19-14/h5-9,12,19H,2-4,10H2,1H3. The molecule has 0 amide bonds. The monoisotopic (exact) mass is 322 g/mol. The second-order valence-electron chi connectivity index (χ2n) is 6.37. The Labute approximate surface area is 139 Å². The number of fused-ring (bicyclic) bond motifs is 2. The summed E-state index contributed by atoms with van der Waals surface area (Å²) in [6.07, 6.45) is 3.79. The zero-order chi connectivity index (χ0) is 15.4. The van der Waals surface area contributed by atoms with E-state index in [2.05, 4.69) is 34.1 Å². The molecule has 2 aromatic heterocycles. The number of aromatic nitrogens is 3. The van der Waals surface area contributed by atoms with Crippen LogP contribution in [0, 0.1) is 6.92 Å². The number of thioether (sulfide) groups is 1. The van der Waals surface area contributed by atoms with Gasteiger partial charge in [-0.2, -0.15) is 0 Å². The Kier molecular flexibility index (Phi) is 2.92. The van der Waals surface area contributed by atoms with Gasteiger partial charge in [0.2, 0.25) is 0 Å². The molecule has 5 rings (SSSR count). The van der Waals surface area contributed by atoms with E-state index in [1.54, 1.807) is 0 Å². The average molecular weight is 322 g/mol. The Hall–Kier alpha value is -2.01. The summed E-state index contributed by atoms with van der Waals surface area (Å²) in [6, 6.07) is 10.8. The molecule has 1 N–H and O–H groups in total. The van der Waals surface area contributed by atoms with Crippen molar-refractivity contribution in [1.29, 1.82) is 0 Å². The number of hydrogen-bond acceptors (Lipinski definition) is 4. The van der Waals surface area contributed by atoms with Gasteiger partial charge in [0.1, 0.15) is 11.3 Å². The van der Waals surface area contributed by atoms with Crippen LogP contribution in [0.4, 0.5) is 5.69 Å². The maximum absolute atomic E-state index is 4.92. The lowest BCUT2D eigenvalue weighted by molar-refractivity contribution is 0.399. The molecule has 0 radical (unpaired) electrons. The molecule has 4 nitrogen and oxygen atoms in total. The fourth-order valence-corrected chi connectivity index (χ4v) is 4.25. The van der Waals surface area contributed by atoms with E-state index in [1.165, 1.54) is 41.4 Å². The van der Waals surface area contributed by atoms with Crippen LogP contribution in [0.25, 0.3) is 16.9 Å². The van der Waals surface area contributed by atoms with Crippen molar-refractivity contribution in [3.63, 3.8) is 0 Å². The smallest absolute Gasteiger partial charge is 0.164 e. The molecule has 0 unspecified atom stereocenters. The number of nitrogens with one attached hydrogen (secondary N) is 1. The lowest BCUT2D eigenvalue weighted by Crippen LogP contribution is -2.15. The molecule has 116 valence electrons. The summed E-state index contributed by atoms with van der Waals surface area (Å²) in [5.41, 5.74) is 5.45. The molecule has 1 aliphatic heterocycles. The van der Waals surface area contributed by atoms with Gasteiger partial charge in [0.15, 0.2) is 5.65 Å². The van der Waals surface area contributed by atoms with Crippen LogP contribution in [0.1, 0.15) is 36.7 Å². The van der Waals surface area contributed by atoms with Crippen LogP contribution in [-0.4, -0.2) is 20.4 Å². The van der Waals surface area contributed by atoms with Gasteiger partial charge < -0.3 is 5.32 Å². The van der Waals surface area contributed by atoms with Crippen LogP contribution in [-0.2, 0) is 0 Å². The molecular weight excluding hydrogens is 304 g/mol. The maximum atomic E-state index is 4.92. The zero-order valence-electron chi connectivity index (χ0n) is 13.0. The Morgan fingerprint density at radius 2 is 2.09 bits per heavy atom. The average Bonchev–Trinajstić information content (AvgIpc) is 3.08. The largest absolute Gasteiger partial charge is 0.375 e. The van der Waals surface area contributed by atoms with Gasteiger partial charge in [0.25, 0.3) is 0 Å². The number of pyridine rings is 1. The van der Waals surface area contributed by atoms with Crippen molar-refractivity contribution in [2.75, 3.05) is 11.2 Å². The number of aryl methyl sites for hydroxylation is 1. The summed E-state index contributed by atoms with van der Waals surface area (Å²) < 4.78 is 2.28. The molecule has 0 saturated heterocycles. The van der Waals surface area contributed by atoms with Crippen LogP contribution in [0.15, 0.2) is 35.2 Å². The maximum Gasteiger partial charge on any atom is 0.164 e. The fourth-order valence-electron chi connectivity index (χ4n) is 3.37. The number of nitrogens with zero attached hydrogens (tertiary/aromatic N) is 3. The summed E-state index contributed by atoms with van der Waals surface area (Å²) in [6.45, 7) is 2.04. The van der Waals surface area contributed by atoms with Gasteiger partial charge in [0, 0.05) is 22.2 Å². The molecule has 3 heterocycles. The molecule has 1 fully saturated rings. The summed E-state index contributed by atoms with van der Waals surface area (Å²) in [5, 5.41) is 3.40. The van der Waals surface area contributed by atoms with E-state index < -0.39 is 0 Å². The molecule has 3 aromatic rings. The third-order valence-electron chi connectivity index (χ3n) is 4.85. The Morgan fingerprint density at radius 3 is 2.91 bits per heavy atom. The molecule has 0 atom stereocenters. The number of anilines is 1. The van der Waals surface area contributed by atoms with E-state index in [1.807, 2.05) is 24.8 Å². The lowest BCUT2D eigenvalue weighted by Gasteiger charge is -2.25. The van der Waals surface area contributed by atoms with E-state index in [9.17, 15) is 0 Å². The predicted molar refractivity (Wildman–Crippen MR) is 94.5 cm³/mol. The fraction of sp³-hybridized carbons (Fsp3) is 0.333. The summed E-state index contributed by atoms with van der Waals surface area (Å²) in [7, 11) is 0. The van der Waals surface area contributed by atoms with Crippen molar-refractivity contribution in [1.82, 2.24) is 14.5 Å². The molecule has 1 aliphatic carbocycles. The third-order valence-corrected chi connectivity index (χ3v) is 5.79. The van der Waals surface area contributed by atoms with Crippen molar-refractivity contribution in [3.05, 3.63) is 41.9 Å². The summed E-state index contributed by atoms with van der Waals surface area (Å²) in [5.74, 6) is 2.71. The van der Waals surface area contributed by atoms with Crippen molar-refractivity contribution < 1.29 is 0 Å². The van der Waals surface area contributed by atoms with Gasteiger partial charge in [-0.15, -0.1) is 11.8 Å². The number of imidazole rings is 1. The molecular formula is C18H18N4S. The van der Waals surface area contributed by atoms with Gasteiger partial charge in [-0.05, 0) is 50.1 Å². The van der Waals surface area contributed by atoms with Crippen molar-refractivity contribution in [2.45, 2.75) is 37.0 Å². The quantitative estimate of drug-likeness (QED) is 0.756. The second-order valence-corrected chi connectivity index (χ2v) is 7.39. The molecule has 0 spiro atoms. The zero-order valence-corrected chi connectivity index (χ0v) is 13.9. The number of benzene rings is 1. The van der Waals surface area contributed by atoms with Crippen LogP contribution in [0.3, 0.4) is 0 Å². The molecule has 2 aliphatic rings. The van der Waals surface area contributed by atoms with Crippen LogP contribution < -0.4 is 5.32 Å². The third kappa shape index (κ3) is 2.06. The first-order chi connectivity index (χ1) is 11.3. The van der Waals surface area contributed by atoms with Gasteiger partial charge in [-0.3, -0.25) is 4.57 Å². The first kappa shape index (κ1) is 13.4. The minimum Gasteiger partial charge on any atom is -0.375 e. The first-order valence-electron chi connectivity index (χ1n) is 8.17. The highest BCUT2D eigenvalue weighted by Crippen LogP contribution is 2.40. The summed E-state index contributed by atoms with van der Waals surface area (Å²) in [4.78, 5) is 11.0. The predicted octanol–water partition coefficient (Wildman–Crippen LogP) is 4.47. The Bertz CT molecular complexity index is 911.